The molecule has 1 saturated heterocycles. The number of rotatable bonds is 5. The minimum atomic E-state index is -0.115. The second-order valence-corrected chi connectivity index (χ2v) is 5.67. The molecule has 110 valence electrons. The summed E-state index contributed by atoms with van der Waals surface area (Å²) < 4.78 is 4.99. The van der Waals surface area contributed by atoms with E-state index in [2.05, 4.69) is 0 Å². The van der Waals surface area contributed by atoms with Gasteiger partial charge in [0.1, 0.15) is 5.75 Å². The van der Waals surface area contributed by atoms with E-state index < -0.39 is 0 Å². The second-order valence-electron chi connectivity index (χ2n) is 4.88. The summed E-state index contributed by atoms with van der Waals surface area (Å²) in [5.74, 6) is 0.0498. The Kier molecular flexibility index (Phi) is 5.13. The van der Waals surface area contributed by atoms with Crippen LogP contribution in [0.5, 0.6) is 5.75 Å². The number of carbonyl (C=O) groups excluding carboxylic acids is 1. The van der Waals surface area contributed by atoms with Gasteiger partial charge < -0.3 is 14.7 Å². The van der Waals surface area contributed by atoms with E-state index in [4.69, 9.17) is 27.9 Å². The van der Waals surface area contributed by atoms with E-state index in [0.29, 0.717) is 41.7 Å². The Hall–Kier alpha value is -0.970. The van der Waals surface area contributed by atoms with Crippen LogP contribution in [-0.4, -0.2) is 42.7 Å². The van der Waals surface area contributed by atoms with E-state index in [1.165, 1.54) is 6.07 Å². The van der Waals surface area contributed by atoms with Gasteiger partial charge in [0.15, 0.2) is 0 Å². The fourth-order valence-electron chi connectivity index (χ4n) is 2.53. The topological polar surface area (TPSA) is 49.8 Å². The van der Waals surface area contributed by atoms with Crippen LogP contribution in [-0.2, 0) is 9.53 Å². The van der Waals surface area contributed by atoms with Gasteiger partial charge in [-0.3, -0.25) is 4.79 Å². The van der Waals surface area contributed by atoms with E-state index in [0.717, 1.165) is 6.42 Å². The third kappa shape index (κ3) is 3.19. The van der Waals surface area contributed by atoms with Crippen LogP contribution in [0.25, 0.3) is 0 Å². The monoisotopic (exact) mass is 317 g/mol. The molecule has 1 amide bonds. The molecule has 0 aromatic heterocycles. The molecule has 0 spiro atoms. The highest BCUT2D eigenvalue weighted by atomic mass is 35.5. The van der Waals surface area contributed by atoms with Gasteiger partial charge in [-0.25, -0.2) is 0 Å². The maximum atomic E-state index is 12.0. The number of likely N-dealkylation sites (tertiary alicyclic amines) is 1. The summed E-state index contributed by atoms with van der Waals surface area (Å²) in [6.45, 7) is 1.83. The standard InChI is InChI=1S/C14H17Cl2NO3/c1-20-6-2-5-17-8-9(7-12(17)19)13-11(18)4-3-10(15)14(13)16/h3-4,9,18H,2,5-8H2,1H3. The van der Waals surface area contributed by atoms with Gasteiger partial charge in [-0.2, -0.15) is 0 Å². The first kappa shape index (κ1) is 15.4. The van der Waals surface area contributed by atoms with Gasteiger partial charge in [0.2, 0.25) is 5.91 Å². The van der Waals surface area contributed by atoms with Gasteiger partial charge in [-0.05, 0) is 18.6 Å². The van der Waals surface area contributed by atoms with Crippen LogP contribution in [0.15, 0.2) is 12.1 Å². The van der Waals surface area contributed by atoms with Crippen LogP contribution in [0.1, 0.15) is 24.3 Å². The number of aromatic hydroxyl groups is 1. The van der Waals surface area contributed by atoms with Crippen molar-refractivity contribution < 1.29 is 14.6 Å². The normalized spacial score (nSPS) is 18.9. The lowest BCUT2D eigenvalue weighted by atomic mass is 9.97. The van der Waals surface area contributed by atoms with Crippen molar-refractivity contribution in [3.8, 4) is 5.75 Å². The highest BCUT2D eigenvalue weighted by Gasteiger charge is 2.33. The number of amides is 1. The quantitative estimate of drug-likeness (QED) is 0.849. The van der Waals surface area contributed by atoms with E-state index in [9.17, 15) is 9.90 Å². The lowest BCUT2D eigenvalue weighted by Gasteiger charge is -2.18. The molecule has 6 heteroatoms. The van der Waals surface area contributed by atoms with Crippen molar-refractivity contribution in [2.75, 3.05) is 26.8 Å². The Morgan fingerprint density at radius 3 is 2.90 bits per heavy atom. The number of hydrogen-bond donors (Lipinski definition) is 1. The van der Waals surface area contributed by atoms with Gasteiger partial charge >= 0.3 is 0 Å². The fraction of sp³-hybridized carbons (Fsp3) is 0.500. The van der Waals surface area contributed by atoms with Crippen molar-refractivity contribution in [1.82, 2.24) is 4.90 Å². The molecule has 1 aliphatic rings. The van der Waals surface area contributed by atoms with Gasteiger partial charge in [0.25, 0.3) is 0 Å². The summed E-state index contributed by atoms with van der Waals surface area (Å²) >= 11 is 12.1. The number of benzene rings is 1. The molecule has 1 aliphatic heterocycles. The molecule has 1 aromatic carbocycles. The van der Waals surface area contributed by atoms with Crippen molar-refractivity contribution in [3.63, 3.8) is 0 Å². The van der Waals surface area contributed by atoms with Crippen molar-refractivity contribution in [2.24, 2.45) is 0 Å². The molecule has 1 unspecified atom stereocenters. The van der Waals surface area contributed by atoms with Crippen molar-refractivity contribution in [1.29, 1.82) is 0 Å². The average molecular weight is 318 g/mol. The van der Waals surface area contributed by atoms with Crippen molar-refractivity contribution in [2.45, 2.75) is 18.8 Å². The SMILES string of the molecule is COCCCN1CC(c2c(O)ccc(Cl)c2Cl)CC1=O. The summed E-state index contributed by atoms with van der Waals surface area (Å²) in [7, 11) is 1.64. The molecule has 1 N–H and O–H groups in total. The molecular formula is C14H17Cl2NO3. The van der Waals surface area contributed by atoms with Crippen LogP contribution in [0.3, 0.4) is 0 Å². The van der Waals surface area contributed by atoms with Gasteiger partial charge in [0.05, 0.1) is 10.0 Å². The molecule has 0 bridgehead atoms. The number of methoxy groups -OCH3 is 1. The van der Waals surface area contributed by atoms with Gasteiger partial charge in [-0.1, -0.05) is 23.2 Å². The maximum Gasteiger partial charge on any atom is 0.223 e. The Morgan fingerprint density at radius 1 is 1.45 bits per heavy atom. The fourth-order valence-corrected chi connectivity index (χ4v) is 3.00. The van der Waals surface area contributed by atoms with Crippen LogP contribution < -0.4 is 0 Å². The van der Waals surface area contributed by atoms with Crippen LogP contribution in [0.2, 0.25) is 10.0 Å². The minimum Gasteiger partial charge on any atom is -0.508 e. The molecule has 1 fully saturated rings. The molecule has 20 heavy (non-hydrogen) atoms. The smallest absolute Gasteiger partial charge is 0.223 e. The zero-order valence-corrected chi connectivity index (χ0v) is 12.7. The molecule has 1 heterocycles. The summed E-state index contributed by atoms with van der Waals surface area (Å²) in [5, 5.41) is 10.7. The molecule has 2 rings (SSSR count). The van der Waals surface area contributed by atoms with Crippen molar-refractivity contribution in [3.05, 3.63) is 27.7 Å². The first-order chi connectivity index (χ1) is 9.54. The minimum absolute atomic E-state index is 0.0709. The number of halogens is 2. The summed E-state index contributed by atoms with van der Waals surface area (Å²) in [4.78, 5) is 13.8. The predicted octanol–water partition coefficient (Wildman–Crippen LogP) is 3.05. The van der Waals surface area contributed by atoms with Crippen LogP contribution >= 0.6 is 23.2 Å². The Labute approximate surface area is 128 Å². The zero-order valence-electron chi connectivity index (χ0n) is 11.2. The molecule has 0 saturated carbocycles. The molecule has 1 atom stereocenters. The first-order valence-electron chi connectivity index (χ1n) is 6.48. The third-order valence-corrected chi connectivity index (χ3v) is 4.33. The van der Waals surface area contributed by atoms with E-state index in [1.54, 1.807) is 18.1 Å². The highest BCUT2D eigenvalue weighted by Crippen LogP contribution is 2.41. The molecule has 1 aromatic rings. The van der Waals surface area contributed by atoms with Crippen LogP contribution in [0, 0.1) is 0 Å². The first-order valence-corrected chi connectivity index (χ1v) is 7.23. The lowest BCUT2D eigenvalue weighted by molar-refractivity contribution is -0.127. The highest BCUT2D eigenvalue weighted by molar-refractivity contribution is 6.42. The molecule has 0 radical (unpaired) electrons. The number of hydrogen-bond acceptors (Lipinski definition) is 3. The lowest BCUT2D eigenvalue weighted by Crippen LogP contribution is -2.26. The van der Waals surface area contributed by atoms with Gasteiger partial charge in [-0.15, -0.1) is 0 Å². The summed E-state index contributed by atoms with van der Waals surface area (Å²) in [6, 6.07) is 3.07. The summed E-state index contributed by atoms with van der Waals surface area (Å²) in [5.41, 5.74) is 0.571. The number of ether oxygens (including phenoxy) is 1. The number of nitrogens with zero attached hydrogens (tertiary/aromatic N) is 1. The Balaban J connectivity index is 2.12. The predicted molar refractivity (Wildman–Crippen MR) is 78.6 cm³/mol. The Bertz CT molecular complexity index is 507. The second kappa shape index (κ2) is 6.66. The zero-order chi connectivity index (χ0) is 14.7. The maximum absolute atomic E-state index is 12.0. The summed E-state index contributed by atoms with van der Waals surface area (Å²) in [6.07, 6.45) is 1.14. The number of phenols is 1. The molecule has 0 aliphatic carbocycles. The average Bonchev–Trinajstić information content (AvgIpc) is 2.76. The molecular weight excluding hydrogens is 301 g/mol. The van der Waals surface area contributed by atoms with Crippen LogP contribution in [0.4, 0.5) is 0 Å². The molecule has 4 nitrogen and oxygen atoms in total. The van der Waals surface area contributed by atoms with Crippen molar-refractivity contribution >= 4 is 29.1 Å². The number of carbonyl (C=O) groups is 1. The van der Waals surface area contributed by atoms with Gasteiger partial charge in [0, 0.05) is 44.7 Å². The van der Waals surface area contributed by atoms with E-state index in [1.807, 2.05) is 0 Å². The largest absolute Gasteiger partial charge is 0.508 e. The van der Waals surface area contributed by atoms with E-state index in [-0.39, 0.29) is 17.6 Å². The number of phenolic OH excluding ortho intramolecular Hbond substituents is 1. The van der Waals surface area contributed by atoms with E-state index >= 15 is 0 Å². The third-order valence-electron chi connectivity index (χ3n) is 3.51. The Morgan fingerprint density at radius 2 is 2.20 bits per heavy atom.